The fourth-order valence-corrected chi connectivity index (χ4v) is 5.09. The van der Waals surface area contributed by atoms with Crippen molar-refractivity contribution in [2.24, 2.45) is 7.05 Å². The number of aryl methyl sites for hydroxylation is 1. The second-order valence-corrected chi connectivity index (χ2v) is 9.31. The molecule has 1 aromatic carbocycles. The summed E-state index contributed by atoms with van der Waals surface area (Å²) >= 11 is 0. The van der Waals surface area contributed by atoms with Crippen LogP contribution in [0.5, 0.6) is 5.75 Å². The first-order valence-electron chi connectivity index (χ1n) is 12.0. The van der Waals surface area contributed by atoms with E-state index in [1.165, 1.54) is 16.7 Å². The van der Waals surface area contributed by atoms with Crippen LogP contribution in [0.4, 0.5) is 4.39 Å². The van der Waals surface area contributed by atoms with Crippen molar-refractivity contribution in [2.75, 3.05) is 19.8 Å². The fourth-order valence-electron chi connectivity index (χ4n) is 5.09. The van der Waals surface area contributed by atoms with Crippen molar-refractivity contribution in [1.29, 1.82) is 0 Å². The predicted octanol–water partition coefficient (Wildman–Crippen LogP) is 1.20. The molecule has 1 spiro atoms. The van der Waals surface area contributed by atoms with Crippen LogP contribution in [0.25, 0.3) is 0 Å². The summed E-state index contributed by atoms with van der Waals surface area (Å²) in [5, 5.41) is 17.9. The highest BCUT2D eigenvalue weighted by atomic mass is 19.1. The quantitative estimate of drug-likeness (QED) is 0.527. The summed E-state index contributed by atoms with van der Waals surface area (Å²) in [6.07, 6.45) is 2.91. The number of halogens is 1. The van der Waals surface area contributed by atoms with E-state index in [0.717, 1.165) is 11.3 Å². The minimum atomic E-state index is -0.569. The number of benzene rings is 1. The maximum atomic E-state index is 13.2. The molecule has 0 atom stereocenters. The first-order chi connectivity index (χ1) is 17.4. The van der Waals surface area contributed by atoms with Crippen LogP contribution in [0.1, 0.15) is 35.6 Å². The minimum absolute atomic E-state index is 0.0495. The molecule has 4 heterocycles. The Labute approximate surface area is 207 Å². The van der Waals surface area contributed by atoms with Crippen LogP contribution in [0, 0.1) is 5.82 Å². The van der Waals surface area contributed by atoms with Crippen LogP contribution in [0.3, 0.4) is 0 Å². The van der Waals surface area contributed by atoms with E-state index >= 15 is 0 Å². The highest BCUT2D eigenvalue weighted by Gasteiger charge is 2.46. The van der Waals surface area contributed by atoms with Crippen molar-refractivity contribution < 1.29 is 19.0 Å². The number of carbonyl (C=O) groups excluding carboxylic acids is 1. The zero-order valence-electron chi connectivity index (χ0n) is 20.1. The van der Waals surface area contributed by atoms with Gasteiger partial charge in [-0.05, 0) is 36.6 Å². The standard InChI is InChI=1S/C25H29FN6O4/c1-30-9-6-19(29-30)16-31-10-11-32-23(35)22(34)20(28-24(32)25(31)7-12-36-13-8-25)14-21(33)27-15-17-2-4-18(26)5-3-17/h2-6,9,34H,7-8,10-16H2,1H3,(H,27,33). The van der Waals surface area contributed by atoms with Crippen LogP contribution < -0.4 is 10.9 Å². The molecule has 190 valence electrons. The maximum Gasteiger partial charge on any atom is 0.296 e. The maximum absolute atomic E-state index is 13.2. The number of fused-ring (bicyclic) bond motifs is 2. The summed E-state index contributed by atoms with van der Waals surface area (Å²) in [6.45, 7) is 2.79. The third kappa shape index (κ3) is 4.63. The van der Waals surface area contributed by atoms with E-state index in [1.807, 2.05) is 19.3 Å². The van der Waals surface area contributed by atoms with E-state index in [0.29, 0.717) is 51.5 Å². The van der Waals surface area contributed by atoms with Crippen LogP contribution in [-0.2, 0) is 48.2 Å². The molecular weight excluding hydrogens is 467 g/mol. The van der Waals surface area contributed by atoms with Gasteiger partial charge in [0, 0.05) is 52.6 Å². The van der Waals surface area contributed by atoms with E-state index in [9.17, 15) is 19.1 Å². The number of carbonyl (C=O) groups is 1. The van der Waals surface area contributed by atoms with Gasteiger partial charge < -0.3 is 15.2 Å². The summed E-state index contributed by atoms with van der Waals surface area (Å²) in [4.78, 5) is 32.9. The van der Waals surface area contributed by atoms with E-state index < -0.39 is 22.8 Å². The molecule has 1 saturated heterocycles. The molecule has 2 aliphatic rings. The highest BCUT2D eigenvalue weighted by molar-refractivity contribution is 5.78. The molecule has 0 bridgehead atoms. The molecule has 2 N–H and O–H groups in total. The topological polar surface area (TPSA) is 115 Å². The van der Waals surface area contributed by atoms with Crippen LogP contribution >= 0.6 is 0 Å². The van der Waals surface area contributed by atoms with Crippen LogP contribution in [0.2, 0.25) is 0 Å². The zero-order chi connectivity index (χ0) is 25.3. The van der Waals surface area contributed by atoms with Crippen molar-refractivity contribution >= 4 is 5.91 Å². The number of aromatic nitrogens is 4. The van der Waals surface area contributed by atoms with Crippen LogP contribution in [-0.4, -0.2) is 55.0 Å². The second kappa shape index (κ2) is 9.82. The molecule has 2 aliphatic heterocycles. The minimum Gasteiger partial charge on any atom is -0.502 e. The lowest BCUT2D eigenvalue weighted by molar-refractivity contribution is -0.120. The molecule has 3 aromatic rings. The Morgan fingerprint density at radius 1 is 1.19 bits per heavy atom. The Hall–Kier alpha value is -3.57. The SMILES string of the molecule is Cn1ccc(CN2CCn3c(nc(CC(=O)NCc4ccc(F)cc4)c(O)c3=O)C23CCOCC3)n1. The average molecular weight is 497 g/mol. The Morgan fingerprint density at radius 3 is 2.64 bits per heavy atom. The van der Waals surface area contributed by atoms with E-state index in [4.69, 9.17) is 9.72 Å². The summed E-state index contributed by atoms with van der Waals surface area (Å²) in [7, 11) is 1.87. The number of amides is 1. The first-order valence-corrected chi connectivity index (χ1v) is 12.0. The van der Waals surface area contributed by atoms with Gasteiger partial charge in [-0.2, -0.15) is 5.10 Å². The van der Waals surface area contributed by atoms with Gasteiger partial charge in [-0.1, -0.05) is 12.1 Å². The third-order valence-corrected chi connectivity index (χ3v) is 7.01. The van der Waals surface area contributed by atoms with Crippen LogP contribution in [0.15, 0.2) is 41.3 Å². The lowest BCUT2D eigenvalue weighted by atomic mass is 9.84. The summed E-state index contributed by atoms with van der Waals surface area (Å²) in [5.74, 6) is -0.699. The van der Waals surface area contributed by atoms with Gasteiger partial charge in [-0.3, -0.25) is 23.7 Å². The molecule has 2 aromatic heterocycles. The van der Waals surface area contributed by atoms with Crippen molar-refractivity contribution in [3.63, 3.8) is 0 Å². The third-order valence-electron chi connectivity index (χ3n) is 7.01. The summed E-state index contributed by atoms with van der Waals surface area (Å²) in [6, 6.07) is 7.78. The van der Waals surface area contributed by atoms with Gasteiger partial charge in [0.15, 0.2) is 0 Å². The number of rotatable bonds is 6. The molecular formula is C25H29FN6O4. The highest BCUT2D eigenvalue weighted by Crippen LogP contribution is 2.40. The molecule has 36 heavy (non-hydrogen) atoms. The monoisotopic (exact) mass is 496 g/mol. The molecule has 0 radical (unpaired) electrons. The van der Waals surface area contributed by atoms with Crippen molar-refractivity contribution in [3.8, 4) is 5.75 Å². The van der Waals surface area contributed by atoms with Gasteiger partial charge in [0.1, 0.15) is 11.6 Å². The van der Waals surface area contributed by atoms with Gasteiger partial charge in [-0.15, -0.1) is 0 Å². The molecule has 0 unspecified atom stereocenters. The Bertz CT molecular complexity index is 1310. The average Bonchev–Trinajstić information content (AvgIpc) is 3.29. The molecule has 1 amide bonds. The number of nitrogens with one attached hydrogen (secondary N) is 1. The molecule has 0 aliphatic carbocycles. The molecule has 0 saturated carbocycles. The Balaban J connectivity index is 1.43. The Morgan fingerprint density at radius 2 is 1.94 bits per heavy atom. The number of aromatic hydroxyl groups is 1. The lowest BCUT2D eigenvalue weighted by Gasteiger charge is -2.49. The second-order valence-electron chi connectivity index (χ2n) is 9.31. The van der Waals surface area contributed by atoms with Gasteiger partial charge in [0.25, 0.3) is 5.56 Å². The molecule has 11 heteroatoms. The normalized spacial score (nSPS) is 17.2. The van der Waals surface area contributed by atoms with E-state index in [1.54, 1.807) is 16.8 Å². The number of hydrogen-bond acceptors (Lipinski definition) is 7. The first kappa shape index (κ1) is 24.1. The molecule has 10 nitrogen and oxygen atoms in total. The Kier molecular flexibility index (Phi) is 6.59. The molecule has 1 fully saturated rings. The zero-order valence-corrected chi connectivity index (χ0v) is 20.1. The van der Waals surface area contributed by atoms with Crippen molar-refractivity contribution in [2.45, 2.75) is 44.4 Å². The van der Waals surface area contributed by atoms with Crippen molar-refractivity contribution in [3.05, 3.63) is 75.5 Å². The largest absolute Gasteiger partial charge is 0.502 e. The number of ether oxygens (including phenoxy) is 1. The predicted molar refractivity (Wildman–Crippen MR) is 127 cm³/mol. The van der Waals surface area contributed by atoms with Gasteiger partial charge >= 0.3 is 0 Å². The fraction of sp³-hybridized carbons (Fsp3) is 0.440. The van der Waals surface area contributed by atoms with Crippen molar-refractivity contribution in [1.82, 2.24) is 29.5 Å². The number of nitrogens with zero attached hydrogens (tertiary/aromatic N) is 5. The van der Waals surface area contributed by atoms with Gasteiger partial charge in [0.2, 0.25) is 11.7 Å². The smallest absolute Gasteiger partial charge is 0.296 e. The molecule has 5 rings (SSSR count). The lowest BCUT2D eigenvalue weighted by Crippen LogP contribution is -2.57. The summed E-state index contributed by atoms with van der Waals surface area (Å²) < 4.78 is 22.1. The van der Waals surface area contributed by atoms with Gasteiger partial charge in [0.05, 0.1) is 23.3 Å². The number of hydrogen-bond donors (Lipinski definition) is 2. The van der Waals surface area contributed by atoms with E-state index in [-0.39, 0.29) is 24.5 Å². The summed E-state index contributed by atoms with van der Waals surface area (Å²) in [5.41, 5.74) is 0.593. The van der Waals surface area contributed by atoms with E-state index in [2.05, 4.69) is 15.3 Å². The van der Waals surface area contributed by atoms with Gasteiger partial charge in [-0.25, -0.2) is 9.37 Å².